The van der Waals surface area contributed by atoms with Gasteiger partial charge in [-0.15, -0.1) is 11.3 Å². The second-order valence-corrected chi connectivity index (χ2v) is 8.65. The zero-order chi connectivity index (χ0) is 21.8. The van der Waals surface area contributed by atoms with Crippen molar-refractivity contribution < 1.29 is 4.79 Å². The molecule has 0 aliphatic rings. The predicted octanol–water partition coefficient (Wildman–Crippen LogP) is 5.92. The second-order valence-electron chi connectivity index (χ2n) is 7.43. The van der Waals surface area contributed by atoms with Gasteiger partial charge in [-0.2, -0.15) is 0 Å². The average Bonchev–Trinajstić information content (AvgIpc) is 3.06. The number of carbonyl (C=O) groups excluding carboxylic acids is 1. The van der Waals surface area contributed by atoms with E-state index in [-0.39, 0.29) is 11.9 Å². The lowest BCUT2D eigenvalue weighted by atomic mass is 9.97. The number of nitrogens with one attached hydrogen (secondary N) is 2. The molecule has 156 valence electrons. The number of amides is 1. The van der Waals surface area contributed by atoms with Crippen molar-refractivity contribution in [3.63, 3.8) is 0 Å². The van der Waals surface area contributed by atoms with Crippen molar-refractivity contribution >= 4 is 28.1 Å². The standard InChI is InChI=1S/C25H24N4OS/c1-16-11-13-27-21(14-16)28-23(20-10-7-12-26-15-20)22-17(2)18(3)31-25(22)29-24(30)19-8-5-4-6-9-19/h4-15,23H,1-3H3,(H,27,28)(H,29,30)/t23-/m1/s1. The van der Waals surface area contributed by atoms with E-state index in [2.05, 4.69) is 34.4 Å². The summed E-state index contributed by atoms with van der Waals surface area (Å²) in [6.07, 6.45) is 5.40. The molecule has 0 bridgehead atoms. The Kier molecular flexibility index (Phi) is 6.09. The zero-order valence-electron chi connectivity index (χ0n) is 17.7. The predicted molar refractivity (Wildman–Crippen MR) is 127 cm³/mol. The maximum Gasteiger partial charge on any atom is 0.256 e. The molecular formula is C25H24N4OS. The van der Waals surface area contributed by atoms with Crippen molar-refractivity contribution in [3.05, 3.63) is 106 Å². The number of thiophene rings is 1. The quantitative estimate of drug-likeness (QED) is 0.400. The van der Waals surface area contributed by atoms with Crippen molar-refractivity contribution in [2.24, 2.45) is 0 Å². The lowest BCUT2D eigenvalue weighted by molar-refractivity contribution is 0.102. The number of aromatic nitrogens is 2. The van der Waals surface area contributed by atoms with Crippen LogP contribution in [0.4, 0.5) is 10.8 Å². The molecule has 2 N–H and O–H groups in total. The Morgan fingerprint density at radius 1 is 1.00 bits per heavy atom. The summed E-state index contributed by atoms with van der Waals surface area (Å²) < 4.78 is 0. The molecule has 0 fully saturated rings. The van der Waals surface area contributed by atoms with Crippen molar-refractivity contribution in [3.8, 4) is 0 Å². The highest BCUT2D eigenvalue weighted by molar-refractivity contribution is 7.16. The number of hydrogen-bond donors (Lipinski definition) is 2. The van der Waals surface area contributed by atoms with Crippen molar-refractivity contribution in [2.75, 3.05) is 10.6 Å². The van der Waals surface area contributed by atoms with Gasteiger partial charge in [-0.1, -0.05) is 24.3 Å². The monoisotopic (exact) mass is 428 g/mol. The number of carbonyl (C=O) groups is 1. The van der Waals surface area contributed by atoms with Gasteiger partial charge in [-0.3, -0.25) is 9.78 Å². The summed E-state index contributed by atoms with van der Waals surface area (Å²) >= 11 is 1.59. The molecule has 1 aromatic carbocycles. The molecule has 6 heteroatoms. The summed E-state index contributed by atoms with van der Waals surface area (Å²) in [5.74, 6) is 0.652. The number of pyridine rings is 2. The minimum atomic E-state index is -0.209. The van der Waals surface area contributed by atoms with E-state index in [9.17, 15) is 4.79 Å². The highest BCUT2D eigenvalue weighted by Gasteiger charge is 2.25. The first-order valence-corrected chi connectivity index (χ1v) is 10.9. The first kappa shape index (κ1) is 20.8. The first-order chi connectivity index (χ1) is 15.0. The van der Waals surface area contributed by atoms with Gasteiger partial charge in [-0.05, 0) is 67.8 Å². The minimum Gasteiger partial charge on any atom is -0.359 e. The van der Waals surface area contributed by atoms with E-state index in [0.29, 0.717) is 5.56 Å². The Labute approximate surface area is 186 Å². The molecule has 31 heavy (non-hydrogen) atoms. The summed E-state index contributed by atoms with van der Waals surface area (Å²) in [4.78, 5) is 22.9. The molecule has 0 unspecified atom stereocenters. The fourth-order valence-corrected chi connectivity index (χ4v) is 4.58. The Morgan fingerprint density at radius 3 is 2.52 bits per heavy atom. The van der Waals surface area contributed by atoms with Gasteiger partial charge in [-0.25, -0.2) is 4.98 Å². The van der Waals surface area contributed by atoms with Crippen LogP contribution in [0.25, 0.3) is 0 Å². The highest BCUT2D eigenvalue weighted by Crippen LogP contribution is 2.40. The van der Waals surface area contributed by atoms with Gasteiger partial charge in [0.2, 0.25) is 0 Å². The fraction of sp³-hybridized carbons (Fsp3) is 0.160. The Morgan fingerprint density at radius 2 is 1.81 bits per heavy atom. The Balaban J connectivity index is 1.76. The number of hydrogen-bond acceptors (Lipinski definition) is 5. The van der Waals surface area contributed by atoms with E-state index in [1.165, 1.54) is 0 Å². The van der Waals surface area contributed by atoms with Gasteiger partial charge in [0.25, 0.3) is 5.91 Å². The molecule has 5 nitrogen and oxygen atoms in total. The lowest BCUT2D eigenvalue weighted by Crippen LogP contribution is -2.18. The highest BCUT2D eigenvalue weighted by atomic mass is 32.1. The third-order valence-electron chi connectivity index (χ3n) is 5.21. The van der Waals surface area contributed by atoms with Crippen LogP contribution in [0, 0.1) is 20.8 Å². The summed E-state index contributed by atoms with van der Waals surface area (Å²) in [6, 6.07) is 17.0. The van der Waals surface area contributed by atoms with Gasteiger partial charge in [0, 0.05) is 34.6 Å². The molecule has 1 atom stereocenters. The van der Waals surface area contributed by atoms with Gasteiger partial charge >= 0.3 is 0 Å². The normalized spacial score (nSPS) is 11.7. The van der Waals surface area contributed by atoms with Gasteiger partial charge < -0.3 is 10.6 Å². The molecule has 1 amide bonds. The third kappa shape index (κ3) is 4.64. The number of rotatable bonds is 6. The smallest absolute Gasteiger partial charge is 0.256 e. The van der Waals surface area contributed by atoms with Crippen LogP contribution in [0.15, 0.2) is 73.2 Å². The van der Waals surface area contributed by atoms with Crippen molar-refractivity contribution in [1.82, 2.24) is 9.97 Å². The number of nitrogens with zero attached hydrogens (tertiary/aromatic N) is 2. The summed E-state index contributed by atoms with van der Waals surface area (Å²) in [5, 5.41) is 7.53. The van der Waals surface area contributed by atoms with Gasteiger partial charge in [0.05, 0.1) is 6.04 Å². The van der Waals surface area contributed by atoms with Crippen LogP contribution >= 0.6 is 11.3 Å². The van der Waals surface area contributed by atoms with Crippen LogP contribution in [-0.2, 0) is 0 Å². The van der Waals surface area contributed by atoms with E-state index < -0.39 is 0 Å². The maximum atomic E-state index is 12.9. The molecule has 4 rings (SSSR count). The SMILES string of the molecule is Cc1ccnc(N[C@H](c2cccnc2)c2c(NC(=O)c3ccccc3)sc(C)c2C)c1. The number of anilines is 2. The average molecular weight is 429 g/mol. The Hall–Kier alpha value is -3.51. The number of benzene rings is 1. The van der Waals surface area contributed by atoms with Crippen LogP contribution in [-0.4, -0.2) is 15.9 Å². The third-order valence-corrected chi connectivity index (χ3v) is 6.35. The molecule has 0 aliphatic carbocycles. The topological polar surface area (TPSA) is 66.9 Å². The summed E-state index contributed by atoms with van der Waals surface area (Å²) in [7, 11) is 0. The van der Waals surface area contributed by atoms with E-state index in [0.717, 1.165) is 37.9 Å². The fourth-order valence-electron chi connectivity index (χ4n) is 3.48. The second kappa shape index (κ2) is 9.10. The largest absolute Gasteiger partial charge is 0.359 e. The van der Waals surface area contributed by atoms with E-state index in [1.54, 1.807) is 23.7 Å². The minimum absolute atomic E-state index is 0.123. The first-order valence-electron chi connectivity index (χ1n) is 10.1. The molecule has 0 saturated heterocycles. The zero-order valence-corrected chi connectivity index (χ0v) is 18.5. The van der Waals surface area contributed by atoms with Crippen LogP contribution in [0.2, 0.25) is 0 Å². The van der Waals surface area contributed by atoms with Gasteiger partial charge in [0.1, 0.15) is 10.8 Å². The molecular weight excluding hydrogens is 404 g/mol. The molecule has 0 spiro atoms. The van der Waals surface area contributed by atoms with E-state index >= 15 is 0 Å². The number of aryl methyl sites for hydroxylation is 2. The molecule has 3 heterocycles. The van der Waals surface area contributed by atoms with Crippen molar-refractivity contribution in [1.29, 1.82) is 0 Å². The molecule has 0 saturated carbocycles. The summed E-state index contributed by atoms with van der Waals surface area (Å²) in [6.45, 7) is 6.21. The molecule has 3 aromatic heterocycles. The maximum absolute atomic E-state index is 12.9. The van der Waals surface area contributed by atoms with Crippen molar-refractivity contribution in [2.45, 2.75) is 26.8 Å². The molecule has 0 aliphatic heterocycles. The van der Waals surface area contributed by atoms with Gasteiger partial charge in [0.15, 0.2) is 0 Å². The Bertz CT molecular complexity index is 1190. The van der Waals surface area contributed by atoms with Crippen LogP contribution < -0.4 is 10.6 Å². The van der Waals surface area contributed by atoms with E-state index in [1.807, 2.05) is 67.7 Å². The van der Waals surface area contributed by atoms with Crippen LogP contribution in [0.5, 0.6) is 0 Å². The lowest BCUT2D eigenvalue weighted by Gasteiger charge is -2.22. The van der Waals surface area contributed by atoms with Crippen LogP contribution in [0.3, 0.4) is 0 Å². The van der Waals surface area contributed by atoms with Crippen LogP contribution in [0.1, 0.15) is 43.5 Å². The summed E-state index contributed by atoms with van der Waals surface area (Å²) in [5.41, 5.74) is 4.93. The molecule has 0 radical (unpaired) electrons. The molecule has 4 aromatic rings. The van der Waals surface area contributed by atoms with E-state index in [4.69, 9.17) is 0 Å².